The average Bonchev–Trinajstić information content (AvgIpc) is 3.17. The van der Waals surface area contributed by atoms with Crippen molar-refractivity contribution >= 4 is 11.8 Å². The monoisotopic (exact) mass is 417 g/mol. The van der Waals surface area contributed by atoms with Crippen molar-refractivity contribution in [3.8, 4) is 11.3 Å². The summed E-state index contributed by atoms with van der Waals surface area (Å²) < 4.78 is 23.8. The van der Waals surface area contributed by atoms with Crippen molar-refractivity contribution in [1.82, 2.24) is 15.4 Å². The molecular formula is C22H28FN3O4. The summed E-state index contributed by atoms with van der Waals surface area (Å²) in [4.78, 5) is 26.7. The molecule has 0 unspecified atom stereocenters. The molecule has 0 spiro atoms. The number of rotatable bonds is 7. The predicted octanol–water partition coefficient (Wildman–Crippen LogP) is 2.80. The van der Waals surface area contributed by atoms with Gasteiger partial charge in [-0.15, -0.1) is 0 Å². The number of aromatic nitrogens is 1. The van der Waals surface area contributed by atoms with Gasteiger partial charge in [0.15, 0.2) is 0 Å². The maximum atomic E-state index is 13.2. The van der Waals surface area contributed by atoms with Gasteiger partial charge >= 0.3 is 0 Å². The van der Waals surface area contributed by atoms with E-state index in [0.717, 1.165) is 5.56 Å². The fourth-order valence-electron chi connectivity index (χ4n) is 3.89. The molecule has 3 rings (SSSR count). The van der Waals surface area contributed by atoms with Crippen LogP contribution in [0.25, 0.3) is 11.3 Å². The summed E-state index contributed by atoms with van der Waals surface area (Å²) in [6, 6.07) is 7.67. The van der Waals surface area contributed by atoms with Gasteiger partial charge in [0.05, 0.1) is 12.0 Å². The highest BCUT2D eigenvalue weighted by atomic mass is 19.1. The molecule has 162 valence electrons. The van der Waals surface area contributed by atoms with E-state index in [-0.39, 0.29) is 23.7 Å². The first kappa shape index (κ1) is 22.0. The largest absolute Gasteiger partial charge is 0.383 e. The van der Waals surface area contributed by atoms with E-state index in [2.05, 4.69) is 10.5 Å². The van der Waals surface area contributed by atoms with Crippen LogP contribution in [0.2, 0.25) is 0 Å². The van der Waals surface area contributed by atoms with Crippen molar-refractivity contribution in [2.24, 2.45) is 5.41 Å². The van der Waals surface area contributed by atoms with E-state index in [1.807, 2.05) is 6.92 Å². The molecular weight excluding hydrogens is 389 g/mol. The summed E-state index contributed by atoms with van der Waals surface area (Å²) in [7, 11) is 1.59. The Hall–Kier alpha value is -2.74. The summed E-state index contributed by atoms with van der Waals surface area (Å²) in [5.74, 6) is 0.200. The number of halogens is 1. The van der Waals surface area contributed by atoms with Crippen LogP contribution in [-0.2, 0) is 20.7 Å². The van der Waals surface area contributed by atoms with Crippen LogP contribution in [0.15, 0.2) is 34.9 Å². The highest BCUT2D eigenvalue weighted by molar-refractivity contribution is 5.84. The maximum Gasteiger partial charge on any atom is 0.227 e. The quantitative estimate of drug-likeness (QED) is 0.749. The topological polar surface area (TPSA) is 84.7 Å². The molecule has 1 aromatic carbocycles. The number of carbonyl (C=O) groups excluding carboxylic acids is 2. The second-order valence-corrected chi connectivity index (χ2v) is 7.98. The van der Waals surface area contributed by atoms with Gasteiger partial charge in [0, 0.05) is 51.2 Å². The van der Waals surface area contributed by atoms with Crippen LogP contribution in [0.1, 0.15) is 32.4 Å². The first-order valence-corrected chi connectivity index (χ1v) is 10.1. The highest BCUT2D eigenvalue weighted by Gasteiger charge is 2.43. The summed E-state index contributed by atoms with van der Waals surface area (Å²) in [6.45, 7) is 4.87. The van der Waals surface area contributed by atoms with Gasteiger partial charge < -0.3 is 19.5 Å². The Balaban J connectivity index is 1.80. The minimum Gasteiger partial charge on any atom is -0.383 e. The number of ether oxygens (including phenoxy) is 1. The molecule has 2 heterocycles. The Morgan fingerprint density at radius 1 is 1.30 bits per heavy atom. The summed E-state index contributed by atoms with van der Waals surface area (Å²) in [5.41, 5.74) is 0.632. The fourth-order valence-corrected chi connectivity index (χ4v) is 3.89. The molecule has 0 bridgehead atoms. The molecule has 1 aromatic heterocycles. The van der Waals surface area contributed by atoms with Gasteiger partial charge in [-0.2, -0.15) is 0 Å². The number of amides is 2. The predicted molar refractivity (Wildman–Crippen MR) is 109 cm³/mol. The van der Waals surface area contributed by atoms with Gasteiger partial charge in [-0.1, -0.05) is 5.16 Å². The van der Waals surface area contributed by atoms with Gasteiger partial charge in [-0.05, 0) is 44.0 Å². The number of likely N-dealkylation sites (tertiary alicyclic amines) is 1. The van der Waals surface area contributed by atoms with Crippen molar-refractivity contribution in [2.75, 3.05) is 26.8 Å². The van der Waals surface area contributed by atoms with Crippen molar-refractivity contribution in [3.05, 3.63) is 41.9 Å². The zero-order chi connectivity index (χ0) is 21.7. The molecule has 1 aliphatic rings. The molecule has 0 radical (unpaired) electrons. The number of hydrogen-bond acceptors (Lipinski definition) is 5. The van der Waals surface area contributed by atoms with Crippen LogP contribution in [0.5, 0.6) is 0 Å². The third kappa shape index (κ3) is 5.05. The molecule has 1 N–H and O–H groups in total. The van der Waals surface area contributed by atoms with E-state index in [1.54, 1.807) is 37.1 Å². The lowest BCUT2D eigenvalue weighted by Crippen LogP contribution is -2.53. The summed E-state index contributed by atoms with van der Waals surface area (Å²) in [6.07, 6.45) is 1.44. The minimum absolute atomic E-state index is 0.00928. The summed E-state index contributed by atoms with van der Waals surface area (Å²) >= 11 is 0. The van der Waals surface area contributed by atoms with Gasteiger partial charge in [-0.3, -0.25) is 9.59 Å². The summed E-state index contributed by atoms with van der Waals surface area (Å²) in [5, 5.41) is 7.12. The van der Waals surface area contributed by atoms with Crippen LogP contribution in [-0.4, -0.2) is 54.7 Å². The lowest BCUT2D eigenvalue weighted by Gasteiger charge is -2.40. The molecule has 8 heteroatoms. The van der Waals surface area contributed by atoms with Crippen molar-refractivity contribution < 1.29 is 23.2 Å². The molecule has 0 aliphatic carbocycles. The molecule has 30 heavy (non-hydrogen) atoms. The number of piperidine rings is 1. The lowest BCUT2D eigenvalue weighted by atomic mass is 9.74. The number of benzene rings is 1. The van der Waals surface area contributed by atoms with Crippen molar-refractivity contribution in [2.45, 2.75) is 39.2 Å². The van der Waals surface area contributed by atoms with E-state index in [0.29, 0.717) is 50.4 Å². The van der Waals surface area contributed by atoms with Gasteiger partial charge in [0.2, 0.25) is 11.8 Å². The van der Waals surface area contributed by atoms with Crippen molar-refractivity contribution in [1.29, 1.82) is 0 Å². The Bertz CT molecular complexity index is 873. The van der Waals surface area contributed by atoms with E-state index in [9.17, 15) is 14.0 Å². The first-order valence-electron chi connectivity index (χ1n) is 10.1. The van der Waals surface area contributed by atoms with E-state index in [1.165, 1.54) is 12.1 Å². The van der Waals surface area contributed by atoms with Gasteiger partial charge in [-0.25, -0.2) is 4.39 Å². The number of methoxy groups -OCH3 is 1. The Morgan fingerprint density at radius 3 is 2.57 bits per heavy atom. The molecule has 7 nitrogen and oxygen atoms in total. The Morgan fingerprint density at radius 2 is 1.97 bits per heavy atom. The molecule has 2 aromatic rings. The smallest absolute Gasteiger partial charge is 0.227 e. The lowest BCUT2D eigenvalue weighted by molar-refractivity contribution is -0.140. The van der Waals surface area contributed by atoms with Crippen LogP contribution in [0.3, 0.4) is 0 Å². The molecule has 1 atom stereocenters. The number of nitrogens with zero attached hydrogens (tertiary/aromatic N) is 2. The Kier molecular flexibility index (Phi) is 6.87. The number of nitrogens with one attached hydrogen (secondary N) is 1. The Labute approximate surface area is 175 Å². The standard InChI is InChI=1S/C22H28FN3O4/c1-15(14-29-3)24-21(28)22(8-10-26(11-9-22)16(2)27)13-19-12-20(25-30-19)17-4-6-18(23)7-5-17/h4-7,12,15H,8-11,13-14H2,1-3H3,(H,24,28)/t15-/m0/s1. The molecule has 0 saturated carbocycles. The second kappa shape index (κ2) is 9.38. The van der Waals surface area contributed by atoms with Crippen LogP contribution >= 0.6 is 0 Å². The third-order valence-electron chi connectivity index (χ3n) is 5.65. The van der Waals surface area contributed by atoms with Crippen LogP contribution < -0.4 is 5.32 Å². The van der Waals surface area contributed by atoms with Crippen LogP contribution in [0.4, 0.5) is 4.39 Å². The number of hydrogen-bond donors (Lipinski definition) is 1. The van der Waals surface area contributed by atoms with Crippen LogP contribution in [0, 0.1) is 11.2 Å². The normalized spacial score (nSPS) is 16.9. The highest BCUT2D eigenvalue weighted by Crippen LogP contribution is 2.36. The van der Waals surface area contributed by atoms with E-state index in [4.69, 9.17) is 9.26 Å². The van der Waals surface area contributed by atoms with E-state index < -0.39 is 5.41 Å². The SMILES string of the molecule is COC[C@H](C)NC(=O)C1(Cc2cc(-c3ccc(F)cc3)no2)CCN(C(C)=O)CC1. The van der Waals surface area contributed by atoms with Gasteiger partial charge in [0.25, 0.3) is 0 Å². The van der Waals surface area contributed by atoms with E-state index >= 15 is 0 Å². The third-order valence-corrected chi connectivity index (χ3v) is 5.65. The fraction of sp³-hybridized carbons (Fsp3) is 0.500. The molecule has 1 saturated heterocycles. The first-order chi connectivity index (χ1) is 14.3. The molecule has 1 fully saturated rings. The second-order valence-electron chi connectivity index (χ2n) is 7.98. The minimum atomic E-state index is -0.701. The zero-order valence-corrected chi connectivity index (χ0v) is 17.6. The zero-order valence-electron chi connectivity index (χ0n) is 17.6. The maximum absolute atomic E-state index is 13.2. The molecule has 2 amide bonds. The average molecular weight is 417 g/mol. The number of carbonyl (C=O) groups is 2. The molecule has 1 aliphatic heterocycles. The van der Waals surface area contributed by atoms with Gasteiger partial charge in [0.1, 0.15) is 17.3 Å². The van der Waals surface area contributed by atoms with Crippen molar-refractivity contribution in [3.63, 3.8) is 0 Å².